The van der Waals surface area contributed by atoms with Crippen LogP contribution in [0.1, 0.15) is 24.8 Å². The van der Waals surface area contributed by atoms with E-state index in [2.05, 4.69) is 5.32 Å². The lowest BCUT2D eigenvalue weighted by molar-refractivity contribution is 0.379. The molecular formula is C13H14F2N2S. The maximum atomic E-state index is 13.7. The molecule has 0 aromatic heterocycles. The Bertz CT molecular complexity index is 487. The number of rotatable bonds is 4. The van der Waals surface area contributed by atoms with Crippen molar-refractivity contribution >= 4 is 17.4 Å². The second kappa shape index (κ2) is 5.15. The molecule has 0 spiro atoms. The molecule has 5 heteroatoms. The van der Waals surface area contributed by atoms with Crippen molar-refractivity contribution in [3.05, 3.63) is 29.3 Å². The van der Waals surface area contributed by atoms with Crippen molar-refractivity contribution in [3.63, 3.8) is 0 Å². The van der Waals surface area contributed by atoms with Gasteiger partial charge < -0.3 is 5.32 Å². The van der Waals surface area contributed by atoms with Gasteiger partial charge in [0, 0.05) is 11.3 Å². The van der Waals surface area contributed by atoms with E-state index in [0.717, 1.165) is 12.8 Å². The van der Waals surface area contributed by atoms with Gasteiger partial charge in [0.25, 0.3) is 0 Å². The molecule has 0 radical (unpaired) electrons. The Morgan fingerprint density at radius 1 is 1.39 bits per heavy atom. The number of nitrogens with one attached hydrogen (secondary N) is 1. The molecule has 1 fully saturated rings. The summed E-state index contributed by atoms with van der Waals surface area (Å²) in [6, 6.07) is 4.34. The van der Waals surface area contributed by atoms with E-state index >= 15 is 0 Å². The lowest BCUT2D eigenvalue weighted by Crippen LogP contribution is -2.40. The van der Waals surface area contributed by atoms with Gasteiger partial charge in [-0.2, -0.15) is 17.0 Å². The number of hydrogen-bond acceptors (Lipinski definition) is 3. The normalized spacial score (nSPS) is 16.8. The predicted octanol–water partition coefficient (Wildman–Crippen LogP) is 3.53. The molecule has 1 saturated carbocycles. The Kier molecular flexibility index (Phi) is 3.76. The third kappa shape index (κ3) is 2.30. The summed E-state index contributed by atoms with van der Waals surface area (Å²) in [5.41, 5.74) is -0.131. The van der Waals surface area contributed by atoms with Crippen LogP contribution in [0.4, 0.5) is 14.5 Å². The third-order valence-corrected chi connectivity index (χ3v) is 4.92. The molecule has 1 aliphatic rings. The molecule has 0 aliphatic heterocycles. The second-order valence-electron chi connectivity index (χ2n) is 4.49. The largest absolute Gasteiger partial charge is 0.381 e. The highest BCUT2D eigenvalue weighted by Crippen LogP contribution is 2.42. The average molecular weight is 268 g/mol. The first-order valence-electron chi connectivity index (χ1n) is 5.79. The fraction of sp³-hybridized carbons (Fsp3) is 0.462. The number of thioether (sulfide) groups is 1. The summed E-state index contributed by atoms with van der Waals surface area (Å²) in [6.45, 7) is 0.621. The lowest BCUT2D eigenvalue weighted by Gasteiger charge is -2.40. The van der Waals surface area contributed by atoms with Gasteiger partial charge in [-0.1, -0.05) is 6.42 Å². The topological polar surface area (TPSA) is 35.8 Å². The standard InChI is InChI=1S/C13H14F2N2S/c1-18-13(5-2-6-13)8-17-10-4-3-9(7-16)11(14)12(10)15/h3-4,17H,2,5-6,8H2,1H3. The van der Waals surface area contributed by atoms with Crippen molar-refractivity contribution in [2.45, 2.75) is 24.0 Å². The van der Waals surface area contributed by atoms with Crippen LogP contribution in [0.2, 0.25) is 0 Å². The van der Waals surface area contributed by atoms with Crippen molar-refractivity contribution in [1.29, 1.82) is 5.26 Å². The first kappa shape index (κ1) is 13.2. The molecule has 0 heterocycles. The number of nitriles is 1. The summed E-state index contributed by atoms with van der Waals surface area (Å²) in [7, 11) is 0. The van der Waals surface area contributed by atoms with Crippen LogP contribution in [-0.4, -0.2) is 17.5 Å². The summed E-state index contributed by atoms with van der Waals surface area (Å²) < 4.78 is 27.2. The summed E-state index contributed by atoms with van der Waals surface area (Å²) in [5.74, 6) is -2.04. The average Bonchev–Trinajstić information content (AvgIpc) is 2.33. The fourth-order valence-electron chi connectivity index (χ4n) is 2.05. The Morgan fingerprint density at radius 3 is 2.61 bits per heavy atom. The Morgan fingerprint density at radius 2 is 2.11 bits per heavy atom. The number of anilines is 1. The van der Waals surface area contributed by atoms with Crippen molar-refractivity contribution in [1.82, 2.24) is 0 Å². The summed E-state index contributed by atoms with van der Waals surface area (Å²) in [5, 5.41) is 11.6. The number of nitrogens with zero attached hydrogens (tertiary/aromatic N) is 1. The van der Waals surface area contributed by atoms with E-state index in [1.165, 1.54) is 18.6 Å². The lowest BCUT2D eigenvalue weighted by atomic mass is 9.84. The molecule has 96 valence electrons. The van der Waals surface area contributed by atoms with E-state index in [9.17, 15) is 8.78 Å². The van der Waals surface area contributed by atoms with Crippen LogP contribution < -0.4 is 5.32 Å². The number of hydrogen-bond donors (Lipinski definition) is 1. The highest BCUT2D eigenvalue weighted by molar-refractivity contribution is 8.00. The molecule has 18 heavy (non-hydrogen) atoms. The van der Waals surface area contributed by atoms with Crippen LogP contribution in [-0.2, 0) is 0 Å². The first-order chi connectivity index (χ1) is 8.62. The highest BCUT2D eigenvalue weighted by Gasteiger charge is 2.36. The summed E-state index contributed by atoms with van der Waals surface area (Å²) >= 11 is 1.76. The first-order valence-corrected chi connectivity index (χ1v) is 7.01. The van der Waals surface area contributed by atoms with Crippen LogP contribution in [0.5, 0.6) is 0 Å². The molecule has 1 aromatic rings. The highest BCUT2D eigenvalue weighted by atomic mass is 32.2. The Hall–Kier alpha value is -1.28. The molecule has 0 bridgehead atoms. The summed E-state index contributed by atoms with van der Waals surface area (Å²) in [6.07, 6.45) is 5.42. The van der Waals surface area contributed by atoms with E-state index in [4.69, 9.17) is 5.26 Å². The molecule has 1 N–H and O–H groups in total. The van der Waals surface area contributed by atoms with Gasteiger partial charge in [0.15, 0.2) is 11.6 Å². The van der Waals surface area contributed by atoms with Crippen LogP contribution in [0, 0.1) is 23.0 Å². The molecule has 1 aliphatic carbocycles. The minimum absolute atomic E-state index is 0.131. The minimum Gasteiger partial charge on any atom is -0.381 e. The van der Waals surface area contributed by atoms with E-state index < -0.39 is 11.6 Å². The van der Waals surface area contributed by atoms with Gasteiger partial charge >= 0.3 is 0 Å². The van der Waals surface area contributed by atoms with Gasteiger partial charge in [0.2, 0.25) is 0 Å². The van der Waals surface area contributed by atoms with Gasteiger partial charge in [0.1, 0.15) is 6.07 Å². The summed E-state index contributed by atoms with van der Waals surface area (Å²) in [4.78, 5) is 0. The van der Waals surface area contributed by atoms with E-state index in [1.807, 2.05) is 6.26 Å². The molecule has 0 unspecified atom stereocenters. The third-order valence-electron chi connectivity index (χ3n) is 3.50. The molecule has 2 rings (SSSR count). The van der Waals surface area contributed by atoms with Crippen LogP contribution in [0.15, 0.2) is 12.1 Å². The second-order valence-corrected chi connectivity index (χ2v) is 5.77. The van der Waals surface area contributed by atoms with Crippen molar-refractivity contribution in [2.75, 3.05) is 18.1 Å². The van der Waals surface area contributed by atoms with Crippen LogP contribution >= 0.6 is 11.8 Å². The van der Waals surface area contributed by atoms with E-state index in [-0.39, 0.29) is 16.0 Å². The smallest absolute Gasteiger partial charge is 0.183 e. The molecule has 0 atom stereocenters. The zero-order chi connectivity index (χ0) is 13.2. The van der Waals surface area contributed by atoms with Crippen molar-refractivity contribution in [2.24, 2.45) is 0 Å². The van der Waals surface area contributed by atoms with E-state index in [1.54, 1.807) is 17.8 Å². The maximum absolute atomic E-state index is 13.7. The van der Waals surface area contributed by atoms with E-state index in [0.29, 0.717) is 6.54 Å². The monoisotopic (exact) mass is 268 g/mol. The van der Waals surface area contributed by atoms with Gasteiger partial charge in [0.05, 0.1) is 11.3 Å². The van der Waals surface area contributed by atoms with Gasteiger partial charge in [-0.15, -0.1) is 0 Å². The van der Waals surface area contributed by atoms with Gasteiger partial charge in [-0.05, 0) is 31.2 Å². The maximum Gasteiger partial charge on any atom is 0.183 e. The zero-order valence-corrected chi connectivity index (χ0v) is 10.9. The van der Waals surface area contributed by atoms with Crippen LogP contribution in [0.3, 0.4) is 0 Å². The molecule has 1 aromatic carbocycles. The van der Waals surface area contributed by atoms with Gasteiger partial charge in [-0.25, -0.2) is 8.78 Å². The predicted molar refractivity (Wildman–Crippen MR) is 69.7 cm³/mol. The molecule has 0 saturated heterocycles. The Labute approximate surface area is 109 Å². The van der Waals surface area contributed by atoms with Crippen molar-refractivity contribution < 1.29 is 8.78 Å². The SMILES string of the molecule is CSC1(CNc2ccc(C#N)c(F)c2F)CCC1. The fourth-order valence-corrected chi connectivity index (χ4v) is 2.97. The molecular weight excluding hydrogens is 254 g/mol. The quantitative estimate of drug-likeness (QED) is 0.907. The number of halogens is 2. The molecule has 2 nitrogen and oxygen atoms in total. The Balaban J connectivity index is 2.11. The number of benzene rings is 1. The zero-order valence-electron chi connectivity index (χ0n) is 10.1. The van der Waals surface area contributed by atoms with Crippen molar-refractivity contribution in [3.8, 4) is 6.07 Å². The van der Waals surface area contributed by atoms with Crippen LogP contribution in [0.25, 0.3) is 0 Å². The van der Waals surface area contributed by atoms with Gasteiger partial charge in [-0.3, -0.25) is 0 Å². The molecule has 0 amide bonds. The minimum atomic E-state index is -1.07.